The van der Waals surface area contributed by atoms with Crippen molar-refractivity contribution in [1.29, 1.82) is 0 Å². The second-order valence-electron chi connectivity index (χ2n) is 10.8. The highest BCUT2D eigenvalue weighted by Gasteiger charge is 2.38. The smallest absolute Gasteiger partial charge is 0.244 e. The Labute approximate surface area is 226 Å². The third-order valence-electron chi connectivity index (χ3n) is 8.05. The van der Waals surface area contributed by atoms with Crippen molar-refractivity contribution < 1.29 is 4.79 Å². The molecule has 3 aliphatic heterocycles. The molecule has 9 heteroatoms. The second-order valence-corrected chi connectivity index (χ2v) is 10.8. The maximum absolute atomic E-state index is 13.0. The summed E-state index contributed by atoms with van der Waals surface area (Å²) < 4.78 is 0. The maximum Gasteiger partial charge on any atom is 0.244 e. The Bertz CT molecular complexity index is 1160. The molecule has 0 aromatic carbocycles. The van der Waals surface area contributed by atoms with Crippen molar-refractivity contribution in [3.8, 4) is 0 Å². The third-order valence-corrected chi connectivity index (χ3v) is 8.05. The zero-order chi connectivity index (χ0) is 26.8. The average molecular weight is 517 g/mol. The molecule has 0 radical (unpaired) electrons. The standard InChI is InChI=1S/C29H40N8O/c1-20(34(4)5)26-17-22(18-30-3)28(37(26)23-9-6-7-10-23)33-21(2)32-27-13-12-24(19-31-27)36-16-15-35-14-8-11-25(35)29(36)38/h12-13,17-19,21,23,25H,1,3,6-11,14-16H2,2,4-5H3,(H,31,32)/b22-18-,33-28+/t21?,25-/m0/s1. The van der Waals surface area contributed by atoms with E-state index in [0.717, 1.165) is 73.1 Å². The molecule has 1 aliphatic carbocycles. The molecule has 1 saturated carbocycles. The Morgan fingerprint density at radius 3 is 2.66 bits per heavy atom. The molecule has 202 valence electrons. The highest BCUT2D eigenvalue weighted by molar-refractivity contribution is 6.06. The minimum absolute atomic E-state index is 0.0287. The molecule has 1 aromatic rings. The fraction of sp³-hybridized carbons (Fsp3) is 0.517. The van der Waals surface area contributed by atoms with Crippen molar-refractivity contribution >= 4 is 30.0 Å². The van der Waals surface area contributed by atoms with Crippen LogP contribution >= 0.6 is 0 Å². The summed E-state index contributed by atoms with van der Waals surface area (Å²) >= 11 is 0. The zero-order valence-corrected chi connectivity index (χ0v) is 22.9. The van der Waals surface area contributed by atoms with Crippen LogP contribution in [-0.4, -0.2) is 90.1 Å². The summed E-state index contributed by atoms with van der Waals surface area (Å²) in [5, 5.41) is 3.42. The number of piperazine rings is 1. The van der Waals surface area contributed by atoms with Crippen LogP contribution in [0.5, 0.6) is 0 Å². The number of hydrogen-bond donors (Lipinski definition) is 1. The number of aromatic nitrogens is 1. The van der Waals surface area contributed by atoms with Crippen LogP contribution in [0.25, 0.3) is 0 Å². The van der Waals surface area contributed by atoms with E-state index < -0.39 is 0 Å². The summed E-state index contributed by atoms with van der Waals surface area (Å²) in [5.74, 6) is 1.81. The van der Waals surface area contributed by atoms with Crippen molar-refractivity contribution in [2.45, 2.75) is 63.7 Å². The Kier molecular flexibility index (Phi) is 7.65. The largest absolute Gasteiger partial charge is 0.376 e. The van der Waals surface area contributed by atoms with E-state index in [0.29, 0.717) is 12.6 Å². The van der Waals surface area contributed by atoms with Crippen LogP contribution in [-0.2, 0) is 4.79 Å². The predicted molar refractivity (Wildman–Crippen MR) is 154 cm³/mol. The van der Waals surface area contributed by atoms with E-state index in [2.05, 4.69) is 44.5 Å². The first kappa shape index (κ1) is 26.2. The summed E-state index contributed by atoms with van der Waals surface area (Å²) in [5.41, 5.74) is 3.80. The monoisotopic (exact) mass is 516 g/mol. The lowest BCUT2D eigenvalue weighted by molar-refractivity contribution is -0.124. The van der Waals surface area contributed by atoms with Crippen molar-refractivity contribution in [2.24, 2.45) is 9.98 Å². The van der Waals surface area contributed by atoms with Gasteiger partial charge >= 0.3 is 0 Å². The Morgan fingerprint density at radius 1 is 1.18 bits per heavy atom. The minimum atomic E-state index is -0.232. The molecule has 4 heterocycles. The van der Waals surface area contributed by atoms with Crippen LogP contribution < -0.4 is 10.2 Å². The third kappa shape index (κ3) is 5.12. The topological polar surface area (TPSA) is 79.7 Å². The molecule has 9 nitrogen and oxygen atoms in total. The molecule has 38 heavy (non-hydrogen) atoms. The van der Waals surface area contributed by atoms with E-state index in [1.807, 2.05) is 43.0 Å². The van der Waals surface area contributed by atoms with Gasteiger partial charge in [0.15, 0.2) is 0 Å². The lowest BCUT2D eigenvalue weighted by Crippen LogP contribution is -2.54. The summed E-state index contributed by atoms with van der Waals surface area (Å²) in [6.45, 7) is 12.7. The maximum atomic E-state index is 13.0. The van der Waals surface area contributed by atoms with Gasteiger partial charge in [0.05, 0.1) is 29.3 Å². The number of amides is 1. The summed E-state index contributed by atoms with van der Waals surface area (Å²) in [4.78, 5) is 35.4. The Hall–Kier alpha value is -3.46. The van der Waals surface area contributed by atoms with Gasteiger partial charge in [-0.1, -0.05) is 19.4 Å². The fourth-order valence-electron chi connectivity index (χ4n) is 6.06. The van der Waals surface area contributed by atoms with Gasteiger partial charge in [-0.3, -0.25) is 14.7 Å². The molecule has 1 N–H and O–H groups in total. The number of fused-ring (bicyclic) bond motifs is 1. The summed E-state index contributed by atoms with van der Waals surface area (Å²) in [7, 11) is 4.03. The highest BCUT2D eigenvalue weighted by atomic mass is 16.2. The number of carbonyl (C=O) groups excluding carboxylic acids is 1. The van der Waals surface area contributed by atoms with E-state index in [9.17, 15) is 4.79 Å². The molecular formula is C29H40N8O. The van der Waals surface area contributed by atoms with Gasteiger partial charge in [-0.05, 0) is 64.1 Å². The highest BCUT2D eigenvalue weighted by Crippen LogP contribution is 2.36. The fourth-order valence-corrected chi connectivity index (χ4v) is 6.06. The molecule has 2 saturated heterocycles. The van der Waals surface area contributed by atoms with Crippen molar-refractivity contribution in [3.05, 3.63) is 54.2 Å². The van der Waals surface area contributed by atoms with Crippen LogP contribution in [0.15, 0.2) is 64.1 Å². The van der Waals surface area contributed by atoms with Crippen molar-refractivity contribution in [3.63, 3.8) is 0 Å². The molecule has 0 bridgehead atoms. The summed E-state index contributed by atoms with van der Waals surface area (Å²) in [6.07, 6.45) is 12.2. The Morgan fingerprint density at radius 2 is 1.97 bits per heavy atom. The van der Waals surface area contributed by atoms with Gasteiger partial charge in [0, 0.05) is 45.0 Å². The van der Waals surface area contributed by atoms with Crippen LogP contribution in [0.3, 0.4) is 0 Å². The van der Waals surface area contributed by atoms with Crippen LogP contribution in [0.4, 0.5) is 11.5 Å². The molecule has 0 spiro atoms. The zero-order valence-electron chi connectivity index (χ0n) is 22.9. The Balaban J connectivity index is 1.33. The SMILES string of the molecule is C=N/C=C1/C=C(C(=C)N(C)C)N(C2CCCC2)/C1=N/C(C)Nc1ccc(N2CCN3CCC[C@H]3C2=O)cn1. The number of anilines is 2. The van der Waals surface area contributed by atoms with Crippen molar-refractivity contribution in [1.82, 2.24) is 19.7 Å². The molecule has 5 rings (SSSR count). The van der Waals surface area contributed by atoms with Gasteiger partial charge < -0.3 is 20.0 Å². The first-order chi connectivity index (χ1) is 18.4. The summed E-state index contributed by atoms with van der Waals surface area (Å²) in [6, 6.07) is 4.32. The second kappa shape index (κ2) is 11.1. The van der Waals surface area contributed by atoms with Crippen LogP contribution in [0, 0.1) is 0 Å². The number of pyridine rings is 1. The van der Waals surface area contributed by atoms with Crippen molar-refractivity contribution in [2.75, 3.05) is 43.9 Å². The van der Waals surface area contributed by atoms with Gasteiger partial charge in [-0.25, -0.2) is 9.98 Å². The molecule has 1 amide bonds. The quantitative estimate of drug-likeness (QED) is 0.529. The molecular weight excluding hydrogens is 476 g/mol. The average Bonchev–Trinajstić information content (AvgIpc) is 3.66. The van der Waals surface area contributed by atoms with E-state index >= 15 is 0 Å². The number of nitrogens with zero attached hydrogens (tertiary/aromatic N) is 7. The number of likely N-dealkylation sites (N-methyl/N-ethyl adjacent to an activating group) is 1. The lowest BCUT2D eigenvalue weighted by atomic mass is 10.1. The van der Waals surface area contributed by atoms with Crippen LogP contribution in [0.1, 0.15) is 45.4 Å². The minimum Gasteiger partial charge on any atom is -0.376 e. The predicted octanol–water partition coefficient (Wildman–Crippen LogP) is 3.85. The molecule has 1 unspecified atom stereocenters. The van der Waals surface area contributed by atoms with Gasteiger partial charge in [0.25, 0.3) is 0 Å². The van der Waals surface area contributed by atoms with E-state index in [4.69, 9.17) is 4.99 Å². The molecule has 3 fully saturated rings. The van der Waals surface area contributed by atoms with Gasteiger partial charge in [-0.15, -0.1) is 0 Å². The molecule has 2 atom stereocenters. The number of nitrogens with one attached hydrogen (secondary N) is 1. The van der Waals surface area contributed by atoms with E-state index in [1.165, 1.54) is 12.8 Å². The number of hydrogen-bond acceptors (Lipinski definition) is 7. The van der Waals surface area contributed by atoms with Gasteiger partial charge in [0.2, 0.25) is 5.91 Å². The normalized spacial score (nSPS) is 25.2. The van der Waals surface area contributed by atoms with Crippen LogP contribution in [0.2, 0.25) is 0 Å². The van der Waals surface area contributed by atoms with E-state index in [-0.39, 0.29) is 18.1 Å². The first-order valence-electron chi connectivity index (χ1n) is 13.8. The molecule has 1 aromatic heterocycles. The first-order valence-corrected chi connectivity index (χ1v) is 13.8. The van der Waals surface area contributed by atoms with Gasteiger partial charge in [-0.2, -0.15) is 0 Å². The number of carbonyl (C=O) groups is 1. The molecule has 4 aliphatic rings. The van der Waals surface area contributed by atoms with Gasteiger partial charge in [0.1, 0.15) is 17.8 Å². The number of amidine groups is 1. The number of aliphatic imine (C=N–C) groups is 2. The van der Waals surface area contributed by atoms with E-state index in [1.54, 1.807) is 12.4 Å². The number of rotatable bonds is 8. The lowest BCUT2D eigenvalue weighted by Gasteiger charge is -2.36.